The van der Waals surface area contributed by atoms with Crippen molar-refractivity contribution in [2.75, 3.05) is 0 Å². The fourth-order valence-electron chi connectivity index (χ4n) is 0.878. The molecule has 0 aliphatic rings. The van der Waals surface area contributed by atoms with Crippen LogP contribution in [0.2, 0.25) is 0 Å². The van der Waals surface area contributed by atoms with Crippen LogP contribution in [0.25, 0.3) is 6.08 Å². The van der Waals surface area contributed by atoms with Gasteiger partial charge in [0.2, 0.25) is 0 Å². The van der Waals surface area contributed by atoms with Gasteiger partial charge >= 0.3 is 5.97 Å². The Labute approximate surface area is 90.7 Å². The van der Waals surface area contributed by atoms with E-state index in [9.17, 15) is 4.79 Å². The summed E-state index contributed by atoms with van der Waals surface area (Å²) in [6, 6.07) is 7.74. The minimum atomic E-state index is -0.939. The van der Waals surface area contributed by atoms with E-state index < -0.39 is 5.97 Å². The highest BCUT2D eigenvalue weighted by atomic mass is 79.9. The summed E-state index contributed by atoms with van der Waals surface area (Å²) >= 11 is 3.33. The van der Waals surface area contributed by atoms with Gasteiger partial charge in [-0.05, 0) is 17.7 Å². The molecule has 14 heavy (non-hydrogen) atoms. The first-order valence-electron chi connectivity index (χ1n) is 4.02. The van der Waals surface area contributed by atoms with Crippen LogP contribution in [0.15, 0.2) is 47.0 Å². The second-order valence-corrected chi connectivity index (χ2v) is 3.52. The monoisotopic (exact) mass is 252 g/mol. The van der Waals surface area contributed by atoms with Crippen molar-refractivity contribution in [3.63, 3.8) is 0 Å². The first-order chi connectivity index (χ1) is 6.68. The molecule has 1 rings (SSSR count). The van der Waals surface area contributed by atoms with Gasteiger partial charge in [0.05, 0.1) is 0 Å². The molecule has 1 aromatic carbocycles. The number of allylic oxidation sites excluding steroid dienone is 2. The normalized spacial score (nSPS) is 11.2. The maximum atomic E-state index is 10.1. The van der Waals surface area contributed by atoms with Crippen LogP contribution >= 0.6 is 15.9 Å². The molecular weight excluding hydrogens is 244 g/mol. The van der Waals surface area contributed by atoms with Crippen molar-refractivity contribution in [2.45, 2.75) is 0 Å². The van der Waals surface area contributed by atoms with Crippen molar-refractivity contribution in [1.29, 1.82) is 0 Å². The molecule has 1 N–H and O–H groups in total. The number of rotatable bonds is 3. The highest BCUT2D eigenvalue weighted by Gasteiger charge is 1.86. The summed E-state index contributed by atoms with van der Waals surface area (Å²) in [5.41, 5.74) is 1.03. The van der Waals surface area contributed by atoms with Crippen LogP contribution in [0, 0.1) is 0 Å². The molecule has 0 fully saturated rings. The van der Waals surface area contributed by atoms with E-state index in [4.69, 9.17) is 5.11 Å². The first kappa shape index (κ1) is 10.7. The Balaban J connectivity index is 2.60. The number of aliphatic carboxylic acids is 1. The quantitative estimate of drug-likeness (QED) is 0.663. The van der Waals surface area contributed by atoms with Crippen LogP contribution in [-0.2, 0) is 4.79 Å². The zero-order chi connectivity index (χ0) is 10.4. The van der Waals surface area contributed by atoms with Gasteiger partial charge in [0.15, 0.2) is 0 Å². The number of halogens is 1. The molecule has 0 aliphatic carbocycles. The SMILES string of the molecule is O=C(O)/C=C\C=C\c1ccc(Br)cc1. The summed E-state index contributed by atoms with van der Waals surface area (Å²) in [7, 11) is 0. The molecule has 0 bridgehead atoms. The van der Waals surface area contributed by atoms with Crippen LogP contribution in [0.5, 0.6) is 0 Å². The Kier molecular flexibility index (Phi) is 4.13. The van der Waals surface area contributed by atoms with E-state index in [1.54, 1.807) is 6.08 Å². The summed E-state index contributed by atoms with van der Waals surface area (Å²) in [6.07, 6.45) is 6.11. The average Bonchev–Trinajstić information content (AvgIpc) is 2.15. The van der Waals surface area contributed by atoms with Crippen molar-refractivity contribution in [3.05, 3.63) is 52.5 Å². The van der Waals surface area contributed by atoms with Gasteiger partial charge in [0.25, 0.3) is 0 Å². The van der Waals surface area contributed by atoms with Crippen LogP contribution in [0.4, 0.5) is 0 Å². The number of hydrogen-bond donors (Lipinski definition) is 1. The largest absolute Gasteiger partial charge is 0.478 e. The fourth-order valence-corrected chi connectivity index (χ4v) is 1.14. The third-order valence-corrected chi connectivity index (χ3v) is 2.04. The highest BCUT2D eigenvalue weighted by molar-refractivity contribution is 9.10. The summed E-state index contributed by atoms with van der Waals surface area (Å²) < 4.78 is 1.02. The van der Waals surface area contributed by atoms with Gasteiger partial charge in [-0.25, -0.2) is 4.79 Å². The van der Waals surface area contributed by atoms with Gasteiger partial charge in [0, 0.05) is 10.5 Å². The molecule has 0 aromatic heterocycles. The lowest BCUT2D eigenvalue weighted by atomic mass is 10.2. The van der Waals surface area contributed by atoms with Gasteiger partial charge in [-0.1, -0.05) is 46.3 Å². The highest BCUT2D eigenvalue weighted by Crippen LogP contribution is 2.11. The molecule has 0 aliphatic heterocycles. The Morgan fingerprint density at radius 1 is 1.21 bits per heavy atom. The Hall–Kier alpha value is -1.35. The van der Waals surface area contributed by atoms with Crippen LogP contribution in [0.1, 0.15) is 5.56 Å². The molecule has 0 amide bonds. The predicted molar refractivity (Wildman–Crippen MR) is 60.0 cm³/mol. The van der Waals surface area contributed by atoms with E-state index in [1.807, 2.05) is 30.3 Å². The van der Waals surface area contributed by atoms with E-state index in [1.165, 1.54) is 6.08 Å². The fraction of sp³-hybridized carbons (Fsp3) is 0. The number of carboxylic acid groups (broad SMARTS) is 1. The predicted octanol–water partition coefficient (Wildman–Crippen LogP) is 3.10. The van der Waals surface area contributed by atoms with E-state index in [0.717, 1.165) is 16.1 Å². The molecule has 72 valence electrons. The van der Waals surface area contributed by atoms with Crippen LogP contribution in [-0.4, -0.2) is 11.1 Å². The summed E-state index contributed by atoms with van der Waals surface area (Å²) in [4.78, 5) is 10.1. The second-order valence-electron chi connectivity index (χ2n) is 2.61. The summed E-state index contributed by atoms with van der Waals surface area (Å²) in [6.45, 7) is 0. The second kappa shape index (κ2) is 5.40. The molecule has 0 saturated carbocycles. The molecular formula is C11H9BrO2. The molecule has 2 nitrogen and oxygen atoms in total. The number of carbonyl (C=O) groups is 1. The zero-order valence-corrected chi connectivity index (χ0v) is 8.94. The van der Waals surface area contributed by atoms with E-state index in [-0.39, 0.29) is 0 Å². The van der Waals surface area contributed by atoms with Crippen LogP contribution < -0.4 is 0 Å². The molecule has 0 atom stereocenters. The van der Waals surface area contributed by atoms with Gasteiger partial charge in [-0.2, -0.15) is 0 Å². The van der Waals surface area contributed by atoms with Gasteiger partial charge in [-0.3, -0.25) is 0 Å². The maximum Gasteiger partial charge on any atom is 0.328 e. The molecule has 0 unspecified atom stereocenters. The zero-order valence-electron chi connectivity index (χ0n) is 7.35. The minimum absolute atomic E-state index is 0.939. The van der Waals surface area contributed by atoms with Gasteiger partial charge in [0.1, 0.15) is 0 Å². The Morgan fingerprint density at radius 3 is 2.43 bits per heavy atom. The lowest BCUT2D eigenvalue weighted by Crippen LogP contribution is -1.84. The molecule has 0 heterocycles. The lowest BCUT2D eigenvalue weighted by Gasteiger charge is -1.91. The van der Waals surface area contributed by atoms with E-state index in [0.29, 0.717) is 0 Å². The standard InChI is InChI=1S/C11H9BrO2/c12-10-7-5-9(6-8-10)3-1-2-4-11(13)14/h1-8H,(H,13,14)/b3-1+,4-2-. The van der Waals surface area contributed by atoms with Crippen molar-refractivity contribution >= 4 is 28.0 Å². The molecule has 0 spiro atoms. The minimum Gasteiger partial charge on any atom is -0.478 e. The summed E-state index contributed by atoms with van der Waals surface area (Å²) in [5, 5.41) is 8.32. The van der Waals surface area contributed by atoms with Crippen molar-refractivity contribution < 1.29 is 9.90 Å². The van der Waals surface area contributed by atoms with E-state index >= 15 is 0 Å². The Bertz CT molecular complexity index is 363. The lowest BCUT2D eigenvalue weighted by molar-refractivity contribution is -0.131. The van der Waals surface area contributed by atoms with Crippen molar-refractivity contribution in [1.82, 2.24) is 0 Å². The van der Waals surface area contributed by atoms with Gasteiger partial charge < -0.3 is 5.11 Å². The molecule has 0 saturated heterocycles. The third kappa shape index (κ3) is 4.05. The topological polar surface area (TPSA) is 37.3 Å². The number of carboxylic acids is 1. The average molecular weight is 253 g/mol. The first-order valence-corrected chi connectivity index (χ1v) is 4.81. The molecule has 0 radical (unpaired) electrons. The number of benzene rings is 1. The van der Waals surface area contributed by atoms with Crippen LogP contribution in [0.3, 0.4) is 0 Å². The maximum absolute atomic E-state index is 10.1. The molecule has 3 heteroatoms. The van der Waals surface area contributed by atoms with Crippen molar-refractivity contribution in [2.24, 2.45) is 0 Å². The van der Waals surface area contributed by atoms with E-state index in [2.05, 4.69) is 15.9 Å². The third-order valence-electron chi connectivity index (χ3n) is 1.51. The van der Waals surface area contributed by atoms with Crippen molar-refractivity contribution in [3.8, 4) is 0 Å². The number of hydrogen-bond acceptors (Lipinski definition) is 1. The van der Waals surface area contributed by atoms with Gasteiger partial charge in [-0.15, -0.1) is 0 Å². The molecule has 1 aromatic rings. The smallest absolute Gasteiger partial charge is 0.328 e. The summed E-state index contributed by atoms with van der Waals surface area (Å²) in [5.74, 6) is -0.939. The Morgan fingerprint density at radius 2 is 1.86 bits per heavy atom.